The molecular formula is C26H34N6O. The minimum absolute atomic E-state index is 0.395. The molecule has 7 nitrogen and oxygen atoms in total. The molecule has 2 saturated heterocycles. The molecule has 1 aromatic heterocycles. The number of pyridine rings is 1. The molecule has 1 N–H and O–H groups in total. The number of nitriles is 1. The smallest absolute Gasteiger partial charge is 0.234 e. The predicted molar refractivity (Wildman–Crippen MR) is 129 cm³/mol. The number of piperazine rings is 1. The van der Waals surface area contributed by atoms with Crippen LogP contribution in [0.15, 0.2) is 30.3 Å². The fraction of sp³-hybridized carbons (Fsp3) is 0.538. The Morgan fingerprint density at radius 2 is 1.94 bits per heavy atom. The Bertz CT molecular complexity index is 998. The second-order valence-corrected chi connectivity index (χ2v) is 9.46. The number of nitrogens with one attached hydrogen (secondary N) is 1. The standard InChI is InChI=1S/C26H34N6O/c1-30-12-5-8-21(30)19-33-26-23(16-27)24-18-31(17-20-6-3-2-4-7-20)13-9-22(24)25(29-26)32-14-10-28-11-15-32/h2-4,6-7,21,28H,5,8-15,17-19H2,1H3. The van der Waals surface area contributed by atoms with Gasteiger partial charge in [-0.05, 0) is 44.0 Å². The molecule has 3 aliphatic heterocycles. The number of anilines is 1. The van der Waals surface area contributed by atoms with Crippen molar-refractivity contribution < 1.29 is 4.74 Å². The number of hydrogen-bond donors (Lipinski definition) is 1. The number of ether oxygens (including phenoxy) is 1. The Kier molecular flexibility index (Phi) is 6.77. The molecule has 0 bridgehead atoms. The van der Waals surface area contributed by atoms with E-state index in [4.69, 9.17) is 9.72 Å². The van der Waals surface area contributed by atoms with E-state index in [0.29, 0.717) is 24.1 Å². The lowest BCUT2D eigenvalue weighted by molar-refractivity contribution is 0.191. The van der Waals surface area contributed by atoms with Gasteiger partial charge >= 0.3 is 0 Å². The highest BCUT2D eigenvalue weighted by atomic mass is 16.5. The molecule has 0 radical (unpaired) electrons. The Hall–Kier alpha value is -2.66. The lowest BCUT2D eigenvalue weighted by Gasteiger charge is -2.35. The summed E-state index contributed by atoms with van der Waals surface area (Å²) in [5.74, 6) is 1.55. The lowest BCUT2D eigenvalue weighted by atomic mass is 9.95. The van der Waals surface area contributed by atoms with E-state index in [1.54, 1.807) is 0 Å². The predicted octanol–water partition coefficient (Wildman–Crippen LogP) is 2.39. The number of rotatable bonds is 6. The highest BCUT2D eigenvalue weighted by molar-refractivity contribution is 5.61. The molecule has 3 aliphatic rings. The monoisotopic (exact) mass is 446 g/mol. The van der Waals surface area contributed by atoms with Crippen molar-refractivity contribution in [1.29, 1.82) is 5.26 Å². The van der Waals surface area contributed by atoms with Crippen LogP contribution in [0.4, 0.5) is 5.82 Å². The Labute approximate surface area is 197 Å². The van der Waals surface area contributed by atoms with Gasteiger partial charge in [0, 0.05) is 57.4 Å². The van der Waals surface area contributed by atoms with Crippen molar-refractivity contribution in [3.63, 3.8) is 0 Å². The van der Waals surface area contributed by atoms with Crippen LogP contribution in [0.3, 0.4) is 0 Å². The number of fused-ring (bicyclic) bond motifs is 1. The van der Waals surface area contributed by atoms with Crippen molar-refractivity contribution in [2.75, 3.05) is 57.8 Å². The third kappa shape index (κ3) is 4.84. The normalized spacial score (nSPS) is 21.6. The maximum Gasteiger partial charge on any atom is 0.234 e. The lowest BCUT2D eigenvalue weighted by Crippen LogP contribution is -2.45. The van der Waals surface area contributed by atoms with Crippen molar-refractivity contribution in [2.24, 2.45) is 0 Å². The topological polar surface area (TPSA) is 67.7 Å². The van der Waals surface area contributed by atoms with Gasteiger partial charge in [0.25, 0.3) is 0 Å². The first-order valence-corrected chi connectivity index (χ1v) is 12.2. The number of aromatic nitrogens is 1. The van der Waals surface area contributed by atoms with E-state index in [0.717, 1.165) is 76.6 Å². The fourth-order valence-corrected chi connectivity index (χ4v) is 5.34. The van der Waals surface area contributed by atoms with Crippen LogP contribution < -0.4 is 15.0 Å². The van der Waals surface area contributed by atoms with Gasteiger partial charge in [-0.3, -0.25) is 4.90 Å². The van der Waals surface area contributed by atoms with E-state index in [1.165, 1.54) is 17.5 Å². The van der Waals surface area contributed by atoms with Crippen molar-refractivity contribution in [2.45, 2.75) is 38.4 Å². The zero-order valence-corrected chi connectivity index (χ0v) is 19.6. The van der Waals surface area contributed by atoms with Gasteiger partial charge in [0.2, 0.25) is 5.88 Å². The van der Waals surface area contributed by atoms with Gasteiger partial charge in [-0.15, -0.1) is 0 Å². The van der Waals surface area contributed by atoms with Crippen LogP contribution in [0.1, 0.15) is 35.1 Å². The van der Waals surface area contributed by atoms with Gasteiger partial charge in [-0.25, -0.2) is 0 Å². The largest absolute Gasteiger partial charge is 0.475 e. The molecule has 0 spiro atoms. The Morgan fingerprint density at radius 3 is 2.67 bits per heavy atom. The first-order chi connectivity index (χ1) is 16.2. The van der Waals surface area contributed by atoms with Crippen LogP contribution in [-0.4, -0.2) is 73.7 Å². The number of nitrogens with zero attached hydrogens (tertiary/aromatic N) is 5. The van der Waals surface area contributed by atoms with Crippen molar-refractivity contribution in [3.8, 4) is 11.9 Å². The molecule has 1 unspecified atom stereocenters. The van der Waals surface area contributed by atoms with Gasteiger partial charge in [-0.2, -0.15) is 10.2 Å². The molecule has 33 heavy (non-hydrogen) atoms. The number of hydrogen-bond acceptors (Lipinski definition) is 7. The van der Waals surface area contributed by atoms with E-state index >= 15 is 0 Å². The maximum absolute atomic E-state index is 10.2. The number of benzene rings is 1. The molecule has 0 aliphatic carbocycles. The summed E-state index contributed by atoms with van der Waals surface area (Å²) in [6.45, 7) is 8.10. The molecule has 1 aromatic carbocycles. The molecule has 1 atom stereocenters. The van der Waals surface area contributed by atoms with E-state index in [9.17, 15) is 5.26 Å². The first kappa shape index (κ1) is 22.1. The zero-order valence-electron chi connectivity index (χ0n) is 19.6. The Morgan fingerprint density at radius 1 is 1.12 bits per heavy atom. The van der Waals surface area contributed by atoms with E-state index in [2.05, 4.69) is 63.5 Å². The van der Waals surface area contributed by atoms with Gasteiger partial charge in [0.05, 0.1) is 0 Å². The molecule has 7 heteroatoms. The van der Waals surface area contributed by atoms with Crippen LogP contribution in [0.5, 0.6) is 5.88 Å². The third-order valence-electron chi connectivity index (χ3n) is 7.28. The minimum Gasteiger partial charge on any atom is -0.475 e. The van der Waals surface area contributed by atoms with Gasteiger partial charge < -0.3 is 19.9 Å². The summed E-state index contributed by atoms with van der Waals surface area (Å²) in [7, 11) is 2.15. The molecule has 174 valence electrons. The number of likely N-dealkylation sites (tertiary alicyclic amines) is 1. The number of likely N-dealkylation sites (N-methyl/N-ethyl adjacent to an activating group) is 1. The maximum atomic E-state index is 10.2. The molecule has 4 heterocycles. The van der Waals surface area contributed by atoms with Crippen LogP contribution >= 0.6 is 0 Å². The molecule has 2 fully saturated rings. The molecule has 2 aromatic rings. The van der Waals surface area contributed by atoms with Crippen molar-refractivity contribution in [3.05, 3.63) is 52.6 Å². The van der Waals surface area contributed by atoms with Crippen LogP contribution in [0, 0.1) is 11.3 Å². The average Bonchev–Trinajstić information content (AvgIpc) is 3.27. The summed E-state index contributed by atoms with van der Waals surface area (Å²) >= 11 is 0. The summed E-state index contributed by atoms with van der Waals surface area (Å²) < 4.78 is 6.30. The van der Waals surface area contributed by atoms with E-state index < -0.39 is 0 Å². The highest BCUT2D eigenvalue weighted by Crippen LogP contribution is 2.35. The van der Waals surface area contributed by atoms with Gasteiger partial charge in [-0.1, -0.05) is 30.3 Å². The first-order valence-electron chi connectivity index (χ1n) is 12.2. The van der Waals surface area contributed by atoms with Crippen LogP contribution in [-0.2, 0) is 19.5 Å². The summed E-state index contributed by atoms with van der Waals surface area (Å²) in [5.41, 5.74) is 4.28. The van der Waals surface area contributed by atoms with Crippen LogP contribution in [0.25, 0.3) is 0 Å². The molecular weight excluding hydrogens is 412 g/mol. The summed E-state index contributed by atoms with van der Waals surface area (Å²) in [4.78, 5) is 12.2. The minimum atomic E-state index is 0.395. The zero-order chi connectivity index (χ0) is 22.6. The fourth-order valence-electron chi connectivity index (χ4n) is 5.34. The highest BCUT2D eigenvalue weighted by Gasteiger charge is 2.30. The van der Waals surface area contributed by atoms with Gasteiger partial charge in [0.1, 0.15) is 24.1 Å². The summed E-state index contributed by atoms with van der Waals surface area (Å²) in [6.07, 6.45) is 3.25. The molecule has 0 amide bonds. The quantitative estimate of drug-likeness (QED) is 0.731. The SMILES string of the molecule is CN1CCCC1COc1nc(N2CCNCC2)c2c(c1C#N)CN(Cc1ccccc1)CC2. The average molecular weight is 447 g/mol. The molecule has 5 rings (SSSR count). The van der Waals surface area contributed by atoms with Crippen molar-refractivity contribution in [1.82, 2.24) is 20.1 Å². The van der Waals surface area contributed by atoms with Gasteiger partial charge in [0.15, 0.2) is 0 Å². The summed E-state index contributed by atoms with van der Waals surface area (Å²) in [6, 6.07) is 13.4. The molecule has 0 saturated carbocycles. The van der Waals surface area contributed by atoms with E-state index in [-0.39, 0.29) is 0 Å². The summed E-state index contributed by atoms with van der Waals surface area (Å²) in [5, 5.41) is 13.6. The van der Waals surface area contributed by atoms with E-state index in [1.807, 2.05) is 0 Å². The second-order valence-electron chi connectivity index (χ2n) is 9.46. The second kappa shape index (κ2) is 10.1. The van der Waals surface area contributed by atoms with Crippen molar-refractivity contribution >= 4 is 5.82 Å². The Balaban J connectivity index is 1.46. The van der Waals surface area contributed by atoms with Crippen LogP contribution in [0.2, 0.25) is 0 Å². The third-order valence-corrected chi connectivity index (χ3v) is 7.28.